The maximum atomic E-state index is 12.3. The summed E-state index contributed by atoms with van der Waals surface area (Å²) in [6.45, 7) is 4.41. The highest BCUT2D eigenvalue weighted by Crippen LogP contribution is 2.27. The highest BCUT2D eigenvalue weighted by Gasteiger charge is 2.30. The molecule has 0 spiro atoms. The van der Waals surface area contributed by atoms with Crippen LogP contribution in [0.25, 0.3) is 17.0 Å². The number of rotatable bonds is 5. The summed E-state index contributed by atoms with van der Waals surface area (Å²) in [5.74, 6) is 0.473. The number of halogens is 1. The molecular formula is C19H23ClN6O2S. The van der Waals surface area contributed by atoms with Crippen LogP contribution in [0.3, 0.4) is 0 Å². The van der Waals surface area contributed by atoms with E-state index in [1.807, 2.05) is 28.8 Å². The number of piperidine rings is 1. The normalized spacial score (nSPS) is 16.6. The molecule has 0 unspecified atom stereocenters. The van der Waals surface area contributed by atoms with Crippen LogP contribution in [-0.2, 0) is 10.0 Å². The molecule has 0 radical (unpaired) electrons. The van der Waals surface area contributed by atoms with E-state index in [4.69, 9.17) is 11.6 Å². The van der Waals surface area contributed by atoms with E-state index in [0.29, 0.717) is 42.6 Å². The van der Waals surface area contributed by atoms with E-state index in [2.05, 4.69) is 20.3 Å². The van der Waals surface area contributed by atoms with Gasteiger partial charge in [0.05, 0.1) is 28.4 Å². The Labute approximate surface area is 175 Å². The van der Waals surface area contributed by atoms with Crippen molar-refractivity contribution in [2.45, 2.75) is 38.0 Å². The predicted molar refractivity (Wildman–Crippen MR) is 114 cm³/mol. The minimum absolute atomic E-state index is 0.102. The van der Waals surface area contributed by atoms with Crippen LogP contribution in [0.2, 0.25) is 5.02 Å². The summed E-state index contributed by atoms with van der Waals surface area (Å²) in [5.41, 5.74) is 2.20. The number of sulfonamides is 1. The molecule has 4 rings (SSSR count). The first-order valence-corrected chi connectivity index (χ1v) is 11.4. The lowest BCUT2D eigenvalue weighted by Gasteiger charge is -2.32. The number of anilines is 1. The van der Waals surface area contributed by atoms with E-state index in [1.54, 1.807) is 30.5 Å². The van der Waals surface area contributed by atoms with Crippen LogP contribution in [0.1, 0.15) is 26.7 Å². The summed E-state index contributed by atoms with van der Waals surface area (Å²) >= 11 is 6.36. The van der Waals surface area contributed by atoms with Gasteiger partial charge in [0.15, 0.2) is 0 Å². The molecule has 10 heteroatoms. The Morgan fingerprint density at radius 1 is 1.17 bits per heavy atom. The summed E-state index contributed by atoms with van der Waals surface area (Å²) in [7, 11) is -3.21. The number of hydrogen-bond donors (Lipinski definition) is 1. The van der Waals surface area contributed by atoms with Crippen molar-refractivity contribution >= 4 is 33.2 Å². The molecule has 1 aliphatic rings. The molecule has 154 valence electrons. The van der Waals surface area contributed by atoms with Crippen LogP contribution in [0.15, 0.2) is 36.8 Å². The van der Waals surface area contributed by atoms with E-state index in [0.717, 1.165) is 11.3 Å². The van der Waals surface area contributed by atoms with Gasteiger partial charge < -0.3 is 5.32 Å². The van der Waals surface area contributed by atoms with Crippen LogP contribution >= 0.6 is 11.6 Å². The molecule has 1 aliphatic heterocycles. The average molecular weight is 435 g/mol. The maximum Gasteiger partial charge on any atom is 0.223 e. The van der Waals surface area contributed by atoms with Gasteiger partial charge >= 0.3 is 0 Å². The smallest absolute Gasteiger partial charge is 0.223 e. The third-order valence-electron chi connectivity index (χ3n) is 5.15. The molecule has 0 bridgehead atoms. The molecule has 8 nitrogen and oxygen atoms in total. The maximum absolute atomic E-state index is 12.3. The molecule has 0 amide bonds. The second-order valence-electron chi connectivity index (χ2n) is 7.37. The summed E-state index contributed by atoms with van der Waals surface area (Å²) < 4.78 is 28.2. The van der Waals surface area contributed by atoms with Crippen LogP contribution in [0.5, 0.6) is 0 Å². The number of hydrogen-bond acceptors (Lipinski definition) is 6. The second-order valence-corrected chi connectivity index (χ2v) is 10.3. The standard InChI is InChI=1S/C19H23ClN6O2S/c1-13(2)29(27,28)25-9-6-14(7-10-25)23-19-22-11-15(20)18(24-19)16-12-21-17-5-3-4-8-26(16)17/h3-5,8,11-14H,6-7,9-10H2,1-2H3,(H,22,23,24). The third-order valence-corrected chi connectivity index (χ3v) is 7.70. The number of fused-ring (bicyclic) bond motifs is 1. The van der Waals surface area contributed by atoms with Crippen molar-refractivity contribution in [1.82, 2.24) is 23.7 Å². The zero-order valence-electron chi connectivity index (χ0n) is 16.3. The third kappa shape index (κ3) is 3.94. The molecule has 0 aliphatic carbocycles. The number of aromatic nitrogens is 4. The van der Waals surface area contributed by atoms with Gasteiger partial charge in [-0.2, -0.15) is 0 Å². The second kappa shape index (κ2) is 7.89. The monoisotopic (exact) mass is 434 g/mol. The minimum atomic E-state index is -3.21. The van der Waals surface area contributed by atoms with E-state index >= 15 is 0 Å². The van der Waals surface area contributed by atoms with Crippen molar-refractivity contribution < 1.29 is 8.42 Å². The van der Waals surface area contributed by atoms with Gasteiger partial charge in [-0.3, -0.25) is 4.40 Å². The van der Waals surface area contributed by atoms with E-state index in [1.165, 1.54) is 0 Å². The molecule has 0 aromatic carbocycles. The largest absolute Gasteiger partial charge is 0.351 e. The fraction of sp³-hybridized carbons (Fsp3) is 0.421. The number of nitrogens with one attached hydrogen (secondary N) is 1. The number of imidazole rings is 1. The molecule has 0 saturated carbocycles. The number of pyridine rings is 1. The first-order valence-electron chi connectivity index (χ1n) is 9.57. The molecule has 4 heterocycles. The molecular weight excluding hydrogens is 412 g/mol. The van der Waals surface area contributed by atoms with Gasteiger partial charge in [-0.25, -0.2) is 27.7 Å². The minimum Gasteiger partial charge on any atom is -0.351 e. The highest BCUT2D eigenvalue weighted by molar-refractivity contribution is 7.89. The van der Waals surface area contributed by atoms with Crippen molar-refractivity contribution in [3.05, 3.63) is 41.8 Å². The van der Waals surface area contributed by atoms with Crippen molar-refractivity contribution in [1.29, 1.82) is 0 Å². The Hall–Kier alpha value is -2.23. The Balaban J connectivity index is 1.51. The summed E-state index contributed by atoms with van der Waals surface area (Å²) in [5, 5.41) is 3.37. The fourth-order valence-corrected chi connectivity index (χ4v) is 4.96. The van der Waals surface area contributed by atoms with Crippen LogP contribution in [0.4, 0.5) is 5.95 Å². The zero-order chi connectivity index (χ0) is 20.6. The van der Waals surface area contributed by atoms with Gasteiger partial charge in [-0.15, -0.1) is 0 Å². The van der Waals surface area contributed by atoms with Gasteiger partial charge in [-0.05, 0) is 38.8 Å². The summed E-state index contributed by atoms with van der Waals surface area (Å²) in [6, 6.07) is 5.86. The van der Waals surface area contributed by atoms with Crippen molar-refractivity contribution in [2.24, 2.45) is 0 Å². The predicted octanol–water partition coefficient (Wildman–Crippen LogP) is 3.06. The molecule has 3 aromatic rings. The first kappa shape index (κ1) is 20.1. The Morgan fingerprint density at radius 2 is 1.93 bits per heavy atom. The lowest BCUT2D eigenvalue weighted by Crippen LogP contribution is -2.45. The zero-order valence-corrected chi connectivity index (χ0v) is 17.9. The van der Waals surface area contributed by atoms with E-state index in [-0.39, 0.29) is 6.04 Å². The molecule has 0 atom stereocenters. The molecule has 1 N–H and O–H groups in total. The van der Waals surface area contributed by atoms with Crippen molar-refractivity contribution in [3.63, 3.8) is 0 Å². The fourth-order valence-electron chi connectivity index (χ4n) is 3.46. The van der Waals surface area contributed by atoms with Gasteiger partial charge in [0, 0.05) is 25.3 Å². The Kier molecular flexibility index (Phi) is 5.46. The van der Waals surface area contributed by atoms with Gasteiger partial charge in [0.2, 0.25) is 16.0 Å². The van der Waals surface area contributed by atoms with Crippen LogP contribution in [0, 0.1) is 0 Å². The molecule has 1 fully saturated rings. The van der Waals surface area contributed by atoms with Gasteiger partial charge in [0.25, 0.3) is 0 Å². The van der Waals surface area contributed by atoms with Crippen LogP contribution in [-0.4, -0.2) is 56.5 Å². The average Bonchev–Trinajstić information content (AvgIpc) is 3.14. The highest BCUT2D eigenvalue weighted by atomic mass is 35.5. The van der Waals surface area contributed by atoms with Gasteiger partial charge in [-0.1, -0.05) is 17.7 Å². The van der Waals surface area contributed by atoms with E-state index in [9.17, 15) is 8.42 Å². The quantitative estimate of drug-likeness (QED) is 0.663. The lowest BCUT2D eigenvalue weighted by atomic mass is 10.1. The lowest BCUT2D eigenvalue weighted by molar-refractivity contribution is 0.326. The molecule has 1 saturated heterocycles. The number of nitrogens with zero attached hydrogens (tertiary/aromatic N) is 5. The SMILES string of the molecule is CC(C)S(=O)(=O)N1CCC(Nc2ncc(Cl)c(-c3cnc4ccccn34)n2)CC1. The Bertz CT molecular complexity index is 1120. The molecule has 3 aromatic heterocycles. The summed E-state index contributed by atoms with van der Waals surface area (Å²) in [4.78, 5) is 13.3. The van der Waals surface area contributed by atoms with Crippen LogP contribution < -0.4 is 5.32 Å². The van der Waals surface area contributed by atoms with Gasteiger partial charge in [0.1, 0.15) is 11.3 Å². The first-order chi connectivity index (χ1) is 13.9. The summed E-state index contributed by atoms with van der Waals surface area (Å²) in [6.07, 6.45) is 6.62. The van der Waals surface area contributed by atoms with E-state index < -0.39 is 15.3 Å². The van der Waals surface area contributed by atoms with Crippen molar-refractivity contribution in [2.75, 3.05) is 18.4 Å². The van der Waals surface area contributed by atoms with Crippen molar-refractivity contribution in [3.8, 4) is 11.4 Å². The topological polar surface area (TPSA) is 92.5 Å². The Morgan fingerprint density at radius 3 is 2.66 bits per heavy atom. The molecule has 29 heavy (non-hydrogen) atoms.